The summed E-state index contributed by atoms with van der Waals surface area (Å²) in [6, 6.07) is 14.7. The highest BCUT2D eigenvalue weighted by molar-refractivity contribution is 6.33. The van der Waals surface area contributed by atoms with Gasteiger partial charge in [0, 0.05) is 12.0 Å². The minimum Gasteiger partial charge on any atom is -0.456 e. The van der Waals surface area contributed by atoms with Crippen LogP contribution in [0.4, 0.5) is 5.69 Å². The molecule has 0 aliphatic heterocycles. The van der Waals surface area contributed by atoms with Gasteiger partial charge in [-0.2, -0.15) is 0 Å². The van der Waals surface area contributed by atoms with E-state index < -0.39 is 11.9 Å². The van der Waals surface area contributed by atoms with Gasteiger partial charge in [-0.05, 0) is 19.1 Å². The molecular formula is C21H19ClN2O4. The maximum absolute atomic E-state index is 11.9. The van der Waals surface area contributed by atoms with E-state index in [-0.39, 0.29) is 19.4 Å². The van der Waals surface area contributed by atoms with Crippen LogP contribution in [0.25, 0.3) is 11.3 Å². The SMILES string of the molecule is Cc1ccc(-c2cnc(CCC(=O)OCC(=O)Nc3ccccc3Cl)o2)cc1. The number of nitrogens with zero attached hydrogens (tertiary/aromatic N) is 1. The number of nitrogens with one attached hydrogen (secondary N) is 1. The van der Waals surface area contributed by atoms with Gasteiger partial charge in [0.25, 0.3) is 5.91 Å². The van der Waals surface area contributed by atoms with Crippen LogP contribution in [0.1, 0.15) is 17.9 Å². The number of anilines is 1. The first-order valence-corrected chi connectivity index (χ1v) is 9.11. The van der Waals surface area contributed by atoms with E-state index in [0.29, 0.717) is 22.4 Å². The van der Waals surface area contributed by atoms with Crippen molar-refractivity contribution in [3.8, 4) is 11.3 Å². The van der Waals surface area contributed by atoms with Crippen LogP contribution in [0.3, 0.4) is 0 Å². The van der Waals surface area contributed by atoms with Crippen LogP contribution in [-0.2, 0) is 20.7 Å². The molecule has 0 radical (unpaired) electrons. The maximum atomic E-state index is 11.9. The summed E-state index contributed by atoms with van der Waals surface area (Å²) < 4.78 is 10.6. The fourth-order valence-corrected chi connectivity index (χ4v) is 2.64. The molecule has 0 spiro atoms. The molecule has 3 rings (SSSR count). The number of esters is 1. The lowest BCUT2D eigenvalue weighted by atomic mass is 10.1. The van der Waals surface area contributed by atoms with Crippen LogP contribution in [0.2, 0.25) is 5.02 Å². The number of carbonyl (C=O) groups excluding carboxylic acids is 2. The molecule has 0 saturated carbocycles. The number of hydrogen-bond acceptors (Lipinski definition) is 5. The van der Waals surface area contributed by atoms with Gasteiger partial charge >= 0.3 is 5.97 Å². The molecule has 6 nitrogen and oxygen atoms in total. The molecule has 0 unspecified atom stereocenters. The van der Waals surface area contributed by atoms with Crippen LogP contribution >= 0.6 is 11.6 Å². The van der Waals surface area contributed by atoms with Crippen LogP contribution in [0.5, 0.6) is 0 Å². The van der Waals surface area contributed by atoms with Crippen molar-refractivity contribution in [2.75, 3.05) is 11.9 Å². The number of aryl methyl sites for hydroxylation is 2. The fraction of sp³-hybridized carbons (Fsp3) is 0.190. The smallest absolute Gasteiger partial charge is 0.306 e. The Balaban J connectivity index is 1.44. The Kier molecular flexibility index (Phi) is 6.45. The molecule has 144 valence electrons. The zero-order valence-corrected chi connectivity index (χ0v) is 16.0. The first-order valence-electron chi connectivity index (χ1n) is 8.73. The van der Waals surface area contributed by atoms with Crippen molar-refractivity contribution in [3.63, 3.8) is 0 Å². The fourth-order valence-electron chi connectivity index (χ4n) is 2.45. The number of oxazole rings is 1. The van der Waals surface area contributed by atoms with E-state index >= 15 is 0 Å². The molecule has 0 saturated heterocycles. The van der Waals surface area contributed by atoms with Crippen LogP contribution in [0, 0.1) is 6.92 Å². The second-order valence-electron chi connectivity index (χ2n) is 6.17. The van der Waals surface area contributed by atoms with Gasteiger partial charge < -0.3 is 14.5 Å². The van der Waals surface area contributed by atoms with E-state index in [1.54, 1.807) is 30.5 Å². The van der Waals surface area contributed by atoms with Gasteiger partial charge in [-0.3, -0.25) is 9.59 Å². The molecule has 3 aromatic rings. The number of carbonyl (C=O) groups is 2. The Bertz CT molecular complexity index is 967. The average Bonchev–Trinajstić information content (AvgIpc) is 3.16. The number of rotatable bonds is 7. The second kappa shape index (κ2) is 9.19. The summed E-state index contributed by atoms with van der Waals surface area (Å²) in [5.41, 5.74) is 2.54. The minimum absolute atomic E-state index is 0.0627. The summed E-state index contributed by atoms with van der Waals surface area (Å²) >= 11 is 5.96. The van der Waals surface area contributed by atoms with E-state index in [0.717, 1.165) is 11.1 Å². The quantitative estimate of drug-likeness (QED) is 0.596. The number of halogens is 1. The summed E-state index contributed by atoms with van der Waals surface area (Å²) in [4.78, 5) is 27.9. The van der Waals surface area contributed by atoms with E-state index in [2.05, 4.69) is 10.3 Å². The predicted molar refractivity (Wildman–Crippen MR) is 106 cm³/mol. The topological polar surface area (TPSA) is 81.4 Å². The van der Waals surface area contributed by atoms with Gasteiger partial charge in [0.2, 0.25) is 0 Å². The zero-order valence-electron chi connectivity index (χ0n) is 15.3. The third kappa shape index (κ3) is 5.44. The number of aromatic nitrogens is 1. The van der Waals surface area contributed by atoms with E-state index in [9.17, 15) is 9.59 Å². The molecule has 0 bridgehead atoms. The Labute approximate surface area is 167 Å². The van der Waals surface area contributed by atoms with Gasteiger partial charge in [-0.15, -0.1) is 0 Å². The summed E-state index contributed by atoms with van der Waals surface area (Å²) in [6.45, 7) is 1.63. The van der Waals surface area contributed by atoms with Gasteiger partial charge in [0.15, 0.2) is 18.3 Å². The lowest BCUT2D eigenvalue weighted by Gasteiger charge is -2.07. The highest BCUT2D eigenvalue weighted by atomic mass is 35.5. The highest BCUT2D eigenvalue weighted by Gasteiger charge is 2.12. The monoisotopic (exact) mass is 398 g/mol. The molecule has 0 atom stereocenters. The molecule has 1 N–H and O–H groups in total. The molecule has 1 aromatic heterocycles. The van der Waals surface area contributed by atoms with Crippen LogP contribution in [0.15, 0.2) is 59.1 Å². The average molecular weight is 399 g/mol. The molecule has 0 aliphatic carbocycles. The molecule has 2 aromatic carbocycles. The van der Waals surface area contributed by atoms with Crippen molar-refractivity contribution < 1.29 is 18.7 Å². The van der Waals surface area contributed by atoms with Gasteiger partial charge in [0.05, 0.1) is 23.3 Å². The largest absolute Gasteiger partial charge is 0.456 e. The van der Waals surface area contributed by atoms with Gasteiger partial charge in [0.1, 0.15) is 0 Å². The second-order valence-corrected chi connectivity index (χ2v) is 6.58. The number of hydrogen-bond donors (Lipinski definition) is 1. The lowest BCUT2D eigenvalue weighted by molar-refractivity contribution is -0.147. The lowest BCUT2D eigenvalue weighted by Crippen LogP contribution is -2.21. The van der Waals surface area contributed by atoms with Crippen LogP contribution < -0.4 is 5.32 Å². The number of benzene rings is 2. The molecule has 0 aliphatic rings. The third-order valence-corrected chi connectivity index (χ3v) is 4.27. The molecule has 1 amide bonds. The highest BCUT2D eigenvalue weighted by Crippen LogP contribution is 2.22. The van der Waals surface area contributed by atoms with Crippen LogP contribution in [-0.4, -0.2) is 23.5 Å². The number of para-hydroxylation sites is 1. The van der Waals surface area contributed by atoms with Crippen molar-refractivity contribution >= 4 is 29.2 Å². The summed E-state index contributed by atoms with van der Waals surface area (Å²) in [6.07, 6.45) is 1.98. The predicted octanol–water partition coefficient (Wildman–Crippen LogP) is 4.42. The molecular weight excluding hydrogens is 380 g/mol. The molecule has 7 heteroatoms. The molecule has 28 heavy (non-hydrogen) atoms. The van der Waals surface area contributed by atoms with E-state index in [1.165, 1.54) is 0 Å². The van der Waals surface area contributed by atoms with Crippen molar-refractivity contribution in [1.29, 1.82) is 0 Å². The van der Waals surface area contributed by atoms with E-state index in [1.807, 2.05) is 31.2 Å². The third-order valence-electron chi connectivity index (χ3n) is 3.94. The summed E-state index contributed by atoms with van der Waals surface area (Å²) in [5.74, 6) is 0.110. The zero-order chi connectivity index (χ0) is 19.9. The van der Waals surface area contributed by atoms with Gasteiger partial charge in [-0.25, -0.2) is 4.98 Å². The first kappa shape index (κ1) is 19.6. The number of amides is 1. The summed E-state index contributed by atoms with van der Waals surface area (Å²) in [7, 11) is 0. The van der Waals surface area contributed by atoms with Crippen molar-refractivity contribution in [1.82, 2.24) is 4.98 Å². The molecule has 1 heterocycles. The van der Waals surface area contributed by atoms with E-state index in [4.69, 9.17) is 20.8 Å². The van der Waals surface area contributed by atoms with Crippen molar-refractivity contribution in [2.45, 2.75) is 19.8 Å². The molecule has 0 fully saturated rings. The minimum atomic E-state index is -0.510. The Hall–Kier alpha value is -3.12. The Morgan fingerprint density at radius 3 is 2.64 bits per heavy atom. The summed E-state index contributed by atoms with van der Waals surface area (Å²) in [5, 5.41) is 3.00. The standard InChI is InChI=1S/C21H19ClN2O4/c1-14-6-8-15(9-7-14)18-12-23-20(28-18)10-11-21(26)27-13-19(25)24-17-5-3-2-4-16(17)22/h2-9,12H,10-11,13H2,1H3,(H,24,25). The Morgan fingerprint density at radius 2 is 1.89 bits per heavy atom. The maximum Gasteiger partial charge on any atom is 0.306 e. The normalized spacial score (nSPS) is 10.5. The van der Waals surface area contributed by atoms with Crippen molar-refractivity contribution in [2.24, 2.45) is 0 Å². The van der Waals surface area contributed by atoms with Crippen molar-refractivity contribution in [3.05, 3.63) is 71.2 Å². The van der Waals surface area contributed by atoms with Gasteiger partial charge in [-0.1, -0.05) is 53.6 Å². The first-order chi connectivity index (χ1) is 13.5. The number of ether oxygens (including phenoxy) is 1. The Morgan fingerprint density at radius 1 is 1.14 bits per heavy atom.